The van der Waals surface area contributed by atoms with Crippen LogP contribution >= 0.6 is 0 Å². The van der Waals surface area contributed by atoms with Crippen molar-refractivity contribution in [3.63, 3.8) is 0 Å². The molecule has 1 aliphatic rings. The van der Waals surface area contributed by atoms with E-state index in [1.807, 2.05) is 0 Å². The number of benzene rings is 1. The van der Waals surface area contributed by atoms with Crippen LogP contribution < -0.4 is 0 Å². The molecule has 1 aromatic carbocycles. The van der Waals surface area contributed by atoms with E-state index in [1.54, 1.807) is 6.07 Å². The molecule has 36 heavy (non-hydrogen) atoms. The molecular formula is C20H20B3F5O7S. The van der Waals surface area contributed by atoms with Crippen molar-refractivity contribution in [1.29, 1.82) is 0 Å². The Hall–Kier alpha value is -2.09. The van der Waals surface area contributed by atoms with Crippen LogP contribution in [0.1, 0.15) is 52.7 Å². The first kappa shape index (κ1) is 30.1. The van der Waals surface area contributed by atoms with Crippen molar-refractivity contribution in [2.45, 2.75) is 68.3 Å². The summed E-state index contributed by atoms with van der Waals surface area (Å²) in [5.74, 6) is -4.05. The van der Waals surface area contributed by atoms with Gasteiger partial charge in [0, 0.05) is 0 Å². The highest BCUT2D eigenvalue weighted by atomic mass is 32.2. The molecule has 7 nitrogen and oxygen atoms in total. The molecule has 1 fully saturated rings. The van der Waals surface area contributed by atoms with Crippen molar-refractivity contribution in [1.82, 2.24) is 0 Å². The highest BCUT2D eigenvalue weighted by Crippen LogP contribution is 2.39. The van der Waals surface area contributed by atoms with Crippen LogP contribution in [0.25, 0.3) is 0 Å². The van der Waals surface area contributed by atoms with Crippen LogP contribution in [0.3, 0.4) is 0 Å². The number of carbonyl (C=O) groups excluding carboxylic acids is 2. The standard InChI is InChI=1S/C20H20B3F5O7S/c21-7-10-4-12(8-22)15(9-23)14(5-10)17(30)34-13-3-1-2-11(6-13)16(29)35-18(19(24,25)26)20(27,28)36(31,32)33/h4-5,11,13,18H,1-3,6-9H2,(H,31,32,33). The molecule has 1 aromatic rings. The zero-order valence-electron chi connectivity index (χ0n) is 18.8. The molecule has 0 aromatic heterocycles. The minimum Gasteiger partial charge on any atom is -0.459 e. The van der Waals surface area contributed by atoms with Gasteiger partial charge in [0.15, 0.2) is 0 Å². The molecule has 0 aliphatic heterocycles. The molecular weight excluding hydrogens is 512 g/mol. The molecule has 0 spiro atoms. The second-order valence-electron chi connectivity index (χ2n) is 8.18. The molecule has 6 radical (unpaired) electrons. The Morgan fingerprint density at radius 2 is 1.69 bits per heavy atom. The number of hydrogen-bond acceptors (Lipinski definition) is 6. The lowest BCUT2D eigenvalue weighted by atomic mass is 9.81. The number of rotatable bonds is 9. The normalized spacial score (nSPS) is 19.9. The first-order valence-electron chi connectivity index (χ1n) is 10.6. The molecule has 16 heteroatoms. The second-order valence-corrected chi connectivity index (χ2v) is 9.67. The molecule has 3 atom stereocenters. The third-order valence-electron chi connectivity index (χ3n) is 5.70. The zero-order chi connectivity index (χ0) is 27.5. The van der Waals surface area contributed by atoms with E-state index in [9.17, 15) is 40.0 Å². The SMILES string of the molecule is [B]Cc1cc(C[B])c(C[B])c(C(=O)OC2CCCC(C(=O)OC(C(F)(F)F)C(F)(F)S(=O)(=O)O)C2)c1. The number of esters is 2. The molecule has 3 unspecified atom stereocenters. The number of alkyl halides is 5. The Kier molecular flexibility index (Phi) is 9.66. The molecule has 192 valence electrons. The zero-order valence-corrected chi connectivity index (χ0v) is 19.6. The maximum atomic E-state index is 13.7. The van der Waals surface area contributed by atoms with Crippen molar-refractivity contribution < 1.29 is 54.0 Å². The van der Waals surface area contributed by atoms with Crippen LogP contribution in [0, 0.1) is 5.92 Å². The van der Waals surface area contributed by atoms with Gasteiger partial charge in [0.25, 0.3) is 6.10 Å². The fourth-order valence-corrected chi connectivity index (χ4v) is 4.33. The van der Waals surface area contributed by atoms with Gasteiger partial charge in [-0.25, -0.2) is 4.79 Å². The fraction of sp³-hybridized carbons (Fsp3) is 0.600. The van der Waals surface area contributed by atoms with Crippen molar-refractivity contribution in [2.75, 3.05) is 0 Å². The average Bonchev–Trinajstić information content (AvgIpc) is 2.79. The Morgan fingerprint density at radius 1 is 1.06 bits per heavy atom. The van der Waals surface area contributed by atoms with Gasteiger partial charge in [0.1, 0.15) is 6.10 Å². The lowest BCUT2D eigenvalue weighted by molar-refractivity contribution is -0.261. The Bertz CT molecular complexity index is 1080. The van der Waals surface area contributed by atoms with Gasteiger partial charge in [-0.2, -0.15) is 30.4 Å². The molecule has 0 bridgehead atoms. The van der Waals surface area contributed by atoms with E-state index in [2.05, 4.69) is 4.74 Å². The van der Waals surface area contributed by atoms with E-state index in [4.69, 9.17) is 32.8 Å². The number of halogens is 5. The maximum absolute atomic E-state index is 13.7. The van der Waals surface area contributed by atoms with Gasteiger partial charge in [-0.1, -0.05) is 36.2 Å². The summed E-state index contributed by atoms with van der Waals surface area (Å²) in [6, 6.07) is 3.12. The number of ether oxygens (including phenoxy) is 2. The maximum Gasteiger partial charge on any atom is 0.432 e. The molecule has 1 aliphatic carbocycles. The number of carbonyl (C=O) groups is 2. The molecule has 0 saturated heterocycles. The van der Waals surface area contributed by atoms with Crippen LogP contribution in [-0.4, -0.2) is 72.1 Å². The highest BCUT2D eigenvalue weighted by Gasteiger charge is 2.66. The molecule has 1 saturated carbocycles. The van der Waals surface area contributed by atoms with Gasteiger partial charge >= 0.3 is 33.5 Å². The van der Waals surface area contributed by atoms with Crippen LogP contribution in [0.15, 0.2) is 12.1 Å². The average molecular weight is 532 g/mol. The van der Waals surface area contributed by atoms with Gasteiger partial charge in [-0.05, 0) is 37.3 Å². The third-order valence-corrected chi connectivity index (χ3v) is 6.60. The van der Waals surface area contributed by atoms with E-state index in [0.29, 0.717) is 16.7 Å². The second kappa shape index (κ2) is 11.5. The number of hydrogen-bond donors (Lipinski definition) is 1. The fourth-order valence-electron chi connectivity index (χ4n) is 3.88. The van der Waals surface area contributed by atoms with Crippen molar-refractivity contribution in [3.05, 3.63) is 34.4 Å². The minimum absolute atomic E-state index is 0.0482. The van der Waals surface area contributed by atoms with Crippen LogP contribution in [0.2, 0.25) is 0 Å². The van der Waals surface area contributed by atoms with Crippen LogP contribution in [0.4, 0.5) is 22.0 Å². The van der Waals surface area contributed by atoms with Crippen LogP contribution in [0.5, 0.6) is 0 Å². The third kappa shape index (κ3) is 6.81. The van der Waals surface area contributed by atoms with Crippen molar-refractivity contribution >= 4 is 45.6 Å². The van der Waals surface area contributed by atoms with E-state index in [-0.39, 0.29) is 50.2 Å². The van der Waals surface area contributed by atoms with Gasteiger partial charge in [-0.3, -0.25) is 9.35 Å². The van der Waals surface area contributed by atoms with E-state index < -0.39 is 51.6 Å². The Labute approximate surface area is 208 Å². The van der Waals surface area contributed by atoms with Gasteiger partial charge < -0.3 is 9.47 Å². The Morgan fingerprint density at radius 3 is 2.19 bits per heavy atom. The van der Waals surface area contributed by atoms with Gasteiger partial charge in [-0.15, -0.1) is 0 Å². The summed E-state index contributed by atoms with van der Waals surface area (Å²) in [4.78, 5) is 25.1. The first-order valence-corrected chi connectivity index (χ1v) is 12.1. The summed E-state index contributed by atoms with van der Waals surface area (Å²) in [5, 5.41) is -5.84. The predicted molar refractivity (Wildman–Crippen MR) is 118 cm³/mol. The summed E-state index contributed by atoms with van der Waals surface area (Å²) in [5.41, 5.74) is 1.57. The summed E-state index contributed by atoms with van der Waals surface area (Å²) in [6.45, 7) is 0. The Balaban J connectivity index is 2.20. The summed E-state index contributed by atoms with van der Waals surface area (Å²) in [7, 11) is 10.5. The first-order chi connectivity index (χ1) is 16.6. The van der Waals surface area contributed by atoms with E-state index >= 15 is 0 Å². The summed E-state index contributed by atoms with van der Waals surface area (Å²) in [6.07, 6.45) is -11.5. The summed E-state index contributed by atoms with van der Waals surface area (Å²) >= 11 is 0. The van der Waals surface area contributed by atoms with Crippen LogP contribution in [-0.2, 0) is 43.3 Å². The van der Waals surface area contributed by atoms with Gasteiger partial charge in [0.2, 0.25) is 0 Å². The smallest absolute Gasteiger partial charge is 0.432 e. The minimum atomic E-state index is -6.56. The lowest BCUT2D eigenvalue weighted by Crippen LogP contribution is -2.52. The lowest BCUT2D eigenvalue weighted by Gasteiger charge is -2.31. The molecule has 0 heterocycles. The summed E-state index contributed by atoms with van der Waals surface area (Å²) < 4.78 is 106. The van der Waals surface area contributed by atoms with Gasteiger partial charge in [0.05, 0.1) is 35.0 Å². The predicted octanol–water partition coefficient (Wildman–Crippen LogP) is 2.36. The quantitative estimate of drug-likeness (QED) is 0.226. The van der Waals surface area contributed by atoms with E-state index in [1.165, 1.54) is 6.07 Å². The topological polar surface area (TPSA) is 107 Å². The van der Waals surface area contributed by atoms with Crippen molar-refractivity contribution in [3.8, 4) is 0 Å². The monoisotopic (exact) mass is 532 g/mol. The van der Waals surface area contributed by atoms with E-state index in [0.717, 1.165) is 0 Å². The largest absolute Gasteiger partial charge is 0.459 e. The highest BCUT2D eigenvalue weighted by molar-refractivity contribution is 7.86. The van der Waals surface area contributed by atoms with Crippen molar-refractivity contribution in [2.24, 2.45) is 5.92 Å². The molecule has 2 rings (SSSR count). The molecule has 0 amide bonds. The molecule has 1 N–H and O–H groups in total.